The molecule has 0 aliphatic carbocycles. The Hall–Kier alpha value is -2.36. The van der Waals surface area contributed by atoms with Gasteiger partial charge in [0, 0.05) is 25.0 Å². The Morgan fingerprint density at radius 2 is 1.68 bits per heavy atom. The second-order valence-corrected chi connectivity index (χ2v) is 10.6. The molecular formula is C22H27N3O4S2. The first-order valence-corrected chi connectivity index (χ1v) is 13.0. The molecule has 0 saturated carbocycles. The standard InChI is InChI=1S/C22H27N3O4S2/c1-24(16-20(26)23-18-10-6-7-11-19(18)30-2)22(27)21(17-8-4-3-5-9-17)25-12-14-31(28,29)15-13-25/h3-11,21H,12-16H2,1-2H3,(H,23,26). The molecule has 1 N–H and O–H groups in total. The number of amides is 2. The number of hydrogen-bond donors (Lipinski definition) is 1. The van der Waals surface area contributed by atoms with Gasteiger partial charge in [0.05, 0.1) is 23.7 Å². The van der Waals surface area contributed by atoms with Crippen molar-refractivity contribution in [3.8, 4) is 0 Å². The van der Waals surface area contributed by atoms with Crippen molar-refractivity contribution in [1.29, 1.82) is 0 Å². The van der Waals surface area contributed by atoms with Crippen molar-refractivity contribution in [2.75, 3.05) is 49.8 Å². The van der Waals surface area contributed by atoms with Crippen LogP contribution in [0.3, 0.4) is 0 Å². The topological polar surface area (TPSA) is 86.8 Å². The van der Waals surface area contributed by atoms with Crippen molar-refractivity contribution in [3.05, 3.63) is 60.2 Å². The van der Waals surface area contributed by atoms with Crippen LogP contribution in [0.4, 0.5) is 5.69 Å². The third-order valence-corrected chi connectivity index (χ3v) is 7.64. The molecule has 0 spiro atoms. The maximum absolute atomic E-state index is 13.4. The number of nitrogens with one attached hydrogen (secondary N) is 1. The van der Waals surface area contributed by atoms with E-state index in [-0.39, 0.29) is 43.0 Å². The fraction of sp³-hybridized carbons (Fsp3) is 0.364. The van der Waals surface area contributed by atoms with Crippen LogP contribution in [-0.4, -0.2) is 74.5 Å². The molecular weight excluding hydrogens is 434 g/mol. The number of thioether (sulfide) groups is 1. The number of likely N-dealkylation sites (N-methyl/N-ethyl adjacent to an activating group) is 1. The third kappa shape index (κ3) is 6.09. The SMILES string of the molecule is CSc1ccccc1NC(=O)CN(C)C(=O)C(c1ccccc1)N1CCS(=O)(=O)CC1. The minimum absolute atomic E-state index is 0.0271. The molecule has 1 atom stereocenters. The molecule has 2 aromatic carbocycles. The number of nitrogens with zero attached hydrogens (tertiary/aromatic N) is 2. The van der Waals surface area contributed by atoms with Gasteiger partial charge >= 0.3 is 0 Å². The monoisotopic (exact) mass is 461 g/mol. The summed E-state index contributed by atoms with van der Waals surface area (Å²) in [7, 11) is -1.47. The zero-order chi connectivity index (χ0) is 22.4. The molecule has 9 heteroatoms. The average molecular weight is 462 g/mol. The molecule has 0 aromatic heterocycles. The highest BCUT2D eigenvalue weighted by Gasteiger charge is 2.34. The van der Waals surface area contributed by atoms with E-state index in [1.807, 2.05) is 65.8 Å². The first-order chi connectivity index (χ1) is 14.8. The predicted molar refractivity (Wildman–Crippen MR) is 124 cm³/mol. The lowest BCUT2D eigenvalue weighted by Crippen LogP contribution is -2.49. The summed E-state index contributed by atoms with van der Waals surface area (Å²) in [4.78, 5) is 30.2. The summed E-state index contributed by atoms with van der Waals surface area (Å²) in [5.74, 6) is -0.470. The van der Waals surface area contributed by atoms with Gasteiger partial charge in [-0.05, 0) is 24.0 Å². The van der Waals surface area contributed by atoms with E-state index in [4.69, 9.17) is 0 Å². The quantitative estimate of drug-likeness (QED) is 0.637. The van der Waals surface area contributed by atoms with Crippen LogP contribution in [0.1, 0.15) is 11.6 Å². The lowest BCUT2D eigenvalue weighted by Gasteiger charge is -2.35. The van der Waals surface area contributed by atoms with E-state index in [9.17, 15) is 18.0 Å². The summed E-state index contributed by atoms with van der Waals surface area (Å²) >= 11 is 1.53. The molecule has 1 aliphatic rings. The Labute approximate surface area is 187 Å². The van der Waals surface area contributed by atoms with Crippen molar-refractivity contribution >= 4 is 39.1 Å². The second-order valence-electron chi connectivity index (χ2n) is 7.44. The van der Waals surface area contributed by atoms with E-state index >= 15 is 0 Å². The fourth-order valence-corrected chi connectivity index (χ4v) is 5.35. The normalized spacial score (nSPS) is 17.0. The first kappa shape index (κ1) is 23.3. The number of hydrogen-bond acceptors (Lipinski definition) is 6. The highest BCUT2D eigenvalue weighted by molar-refractivity contribution is 7.98. The van der Waals surface area contributed by atoms with Gasteiger partial charge in [-0.3, -0.25) is 14.5 Å². The number of benzene rings is 2. The van der Waals surface area contributed by atoms with Crippen molar-refractivity contribution < 1.29 is 18.0 Å². The highest BCUT2D eigenvalue weighted by Crippen LogP contribution is 2.26. The fourth-order valence-electron chi connectivity index (χ4n) is 3.57. The summed E-state index contributed by atoms with van der Waals surface area (Å²) in [5, 5.41) is 2.87. The lowest BCUT2D eigenvalue weighted by atomic mass is 10.0. The summed E-state index contributed by atoms with van der Waals surface area (Å²) in [5.41, 5.74) is 1.49. The molecule has 1 heterocycles. The summed E-state index contributed by atoms with van der Waals surface area (Å²) in [6.45, 7) is 0.473. The number of anilines is 1. The molecule has 2 aromatic rings. The molecule has 1 saturated heterocycles. The van der Waals surface area contributed by atoms with E-state index in [0.29, 0.717) is 5.69 Å². The molecule has 3 rings (SSSR count). The molecule has 1 fully saturated rings. The summed E-state index contributed by atoms with van der Waals surface area (Å²) in [6.07, 6.45) is 1.93. The number of para-hydroxylation sites is 1. The Bertz CT molecular complexity index is 1010. The van der Waals surface area contributed by atoms with Crippen molar-refractivity contribution in [1.82, 2.24) is 9.80 Å². The summed E-state index contributed by atoms with van der Waals surface area (Å²) < 4.78 is 23.7. The molecule has 1 aliphatic heterocycles. The highest BCUT2D eigenvalue weighted by atomic mass is 32.2. The predicted octanol–water partition coefficient (Wildman–Crippen LogP) is 2.28. The number of rotatable bonds is 7. The van der Waals surface area contributed by atoms with Gasteiger partial charge < -0.3 is 10.2 Å². The van der Waals surface area contributed by atoms with Crippen LogP contribution < -0.4 is 5.32 Å². The van der Waals surface area contributed by atoms with Gasteiger partial charge in [0.2, 0.25) is 11.8 Å². The Balaban J connectivity index is 1.73. The molecule has 0 radical (unpaired) electrons. The van der Waals surface area contributed by atoms with Gasteiger partial charge in [-0.1, -0.05) is 42.5 Å². The van der Waals surface area contributed by atoms with Crippen LogP contribution >= 0.6 is 11.8 Å². The van der Waals surface area contributed by atoms with Gasteiger partial charge in [-0.2, -0.15) is 0 Å². The van der Waals surface area contributed by atoms with Gasteiger partial charge in [0.15, 0.2) is 9.84 Å². The van der Waals surface area contributed by atoms with E-state index in [1.54, 1.807) is 7.05 Å². The van der Waals surface area contributed by atoms with Gasteiger partial charge in [-0.25, -0.2) is 8.42 Å². The minimum atomic E-state index is -3.07. The minimum Gasteiger partial charge on any atom is -0.335 e. The molecule has 1 unspecified atom stereocenters. The number of carbonyl (C=O) groups excluding carboxylic acids is 2. The largest absolute Gasteiger partial charge is 0.335 e. The molecule has 31 heavy (non-hydrogen) atoms. The van der Waals surface area contributed by atoms with E-state index < -0.39 is 15.9 Å². The van der Waals surface area contributed by atoms with Crippen LogP contribution in [0.2, 0.25) is 0 Å². The van der Waals surface area contributed by atoms with Crippen molar-refractivity contribution in [2.24, 2.45) is 0 Å². The molecule has 166 valence electrons. The first-order valence-electron chi connectivity index (χ1n) is 9.98. The molecule has 2 amide bonds. The number of sulfone groups is 1. The smallest absolute Gasteiger partial charge is 0.244 e. The van der Waals surface area contributed by atoms with Crippen LogP contribution in [0, 0.1) is 0 Å². The van der Waals surface area contributed by atoms with Gasteiger partial charge in [0.25, 0.3) is 0 Å². The third-order valence-electron chi connectivity index (χ3n) is 5.23. The average Bonchev–Trinajstić information content (AvgIpc) is 2.76. The van der Waals surface area contributed by atoms with E-state index in [0.717, 1.165) is 10.5 Å². The van der Waals surface area contributed by atoms with Crippen LogP contribution in [0.15, 0.2) is 59.5 Å². The van der Waals surface area contributed by atoms with Crippen molar-refractivity contribution in [2.45, 2.75) is 10.9 Å². The maximum Gasteiger partial charge on any atom is 0.244 e. The van der Waals surface area contributed by atoms with E-state index in [2.05, 4.69) is 5.32 Å². The maximum atomic E-state index is 13.4. The molecule has 0 bridgehead atoms. The molecule has 7 nitrogen and oxygen atoms in total. The zero-order valence-electron chi connectivity index (χ0n) is 17.7. The lowest BCUT2D eigenvalue weighted by molar-refractivity contribution is -0.138. The van der Waals surface area contributed by atoms with Crippen LogP contribution in [0.25, 0.3) is 0 Å². The number of carbonyl (C=O) groups is 2. The Kier molecular flexibility index (Phi) is 7.74. The van der Waals surface area contributed by atoms with Crippen LogP contribution in [0.5, 0.6) is 0 Å². The van der Waals surface area contributed by atoms with E-state index in [1.165, 1.54) is 16.7 Å². The Morgan fingerprint density at radius 3 is 2.32 bits per heavy atom. The van der Waals surface area contributed by atoms with Gasteiger partial charge in [0.1, 0.15) is 6.04 Å². The summed E-state index contributed by atoms with van der Waals surface area (Å²) in [6, 6.07) is 16.1. The van der Waals surface area contributed by atoms with Gasteiger partial charge in [-0.15, -0.1) is 11.8 Å². The van der Waals surface area contributed by atoms with Crippen LogP contribution in [-0.2, 0) is 19.4 Å². The van der Waals surface area contributed by atoms with Crippen molar-refractivity contribution in [3.63, 3.8) is 0 Å². The zero-order valence-corrected chi connectivity index (χ0v) is 19.3. The Morgan fingerprint density at radius 1 is 1.06 bits per heavy atom. The second kappa shape index (κ2) is 10.3.